The van der Waals surface area contributed by atoms with E-state index in [9.17, 15) is 22.4 Å². The number of nitrogens with zero attached hydrogens (tertiary/aromatic N) is 2. The minimum atomic E-state index is -3.25. The van der Waals surface area contributed by atoms with Crippen molar-refractivity contribution in [2.45, 2.75) is 19.8 Å². The van der Waals surface area contributed by atoms with Crippen molar-refractivity contribution in [1.29, 1.82) is 0 Å². The molecule has 0 unspecified atom stereocenters. The fourth-order valence-corrected chi connectivity index (χ4v) is 2.84. The number of carbonyl (C=O) groups is 1. The van der Waals surface area contributed by atoms with Crippen molar-refractivity contribution in [3.63, 3.8) is 0 Å². The molecule has 6 nitrogen and oxygen atoms in total. The zero-order valence-corrected chi connectivity index (χ0v) is 15.8. The molecule has 1 heterocycles. The highest BCUT2D eigenvalue weighted by molar-refractivity contribution is 5.88. The molecule has 0 bridgehead atoms. The number of hydrogen-bond acceptors (Lipinski definition) is 5. The van der Waals surface area contributed by atoms with Crippen LogP contribution in [-0.4, -0.2) is 29.3 Å². The predicted molar refractivity (Wildman–Crippen MR) is 103 cm³/mol. The third-order valence-electron chi connectivity index (χ3n) is 4.16. The topological polar surface area (TPSA) is 71.9 Å². The molecule has 2 aromatic carbocycles. The quantitative estimate of drug-likeness (QED) is 0.458. The number of carboxylic acid groups (broad SMARTS) is 1. The molecule has 31 heavy (non-hydrogen) atoms. The van der Waals surface area contributed by atoms with Gasteiger partial charge in [0, 0.05) is 36.4 Å². The van der Waals surface area contributed by atoms with Crippen LogP contribution in [0.25, 0.3) is 0 Å². The predicted octanol–water partition coefficient (Wildman–Crippen LogP) is 5.32. The van der Waals surface area contributed by atoms with Crippen molar-refractivity contribution in [1.82, 2.24) is 4.98 Å². The highest BCUT2D eigenvalue weighted by atomic mass is 19.3. The second kappa shape index (κ2) is 9.79. The van der Waals surface area contributed by atoms with Crippen LogP contribution >= 0.6 is 0 Å². The lowest BCUT2D eigenvalue weighted by atomic mass is 10.1. The molecule has 0 aliphatic carbocycles. The Hall–Kier alpha value is -3.82. The van der Waals surface area contributed by atoms with Crippen LogP contribution in [0.5, 0.6) is 11.5 Å². The van der Waals surface area contributed by atoms with E-state index in [2.05, 4.69) is 14.5 Å². The Morgan fingerprint density at radius 1 is 0.935 bits per heavy atom. The van der Waals surface area contributed by atoms with E-state index in [1.807, 2.05) is 0 Å². The van der Waals surface area contributed by atoms with Gasteiger partial charge in [-0.3, -0.25) is 4.98 Å². The number of pyridine rings is 1. The molecule has 0 spiro atoms. The monoisotopic (exact) mass is 436 g/mol. The Morgan fingerprint density at radius 2 is 1.58 bits per heavy atom. The molecule has 0 radical (unpaired) electrons. The molecule has 3 aromatic rings. The zero-order valence-electron chi connectivity index (χ0n) is 15.8. The van der Waals surface area contributed by atoms with Gasteiger partial charge < -0.3 is 19.5 Å². The van der Waals surface area contributed by atoms with E-state index in [4.69, 9.17) is 5.11 Å². The van der Waals surface area contributed by atoms with Crippen molar-refractivity contribution < 1.29 is 36.9 Å². The Balaban J connectivity index is 2.04. The van der Waals surface area contributed by atoms with E-state index in [1.54, 1.807) is 29.4 Å². The molecule has 0 saturated carbocycles. The van der Waals surface area contributed by atoms with Gasteiger partial charge in [0.15, 0.2) is 11.5 Å². The molecule has 10 heteroatoms. The lowest BCUT2D eigenvalue weighted by Gasteiger charge is -2.26. The average Bonchev–Trinajstić information content (AvgIpc) is 2.73. The van der Waals surface area contributed by atoms with Gasteiger partial charge in [-0.25, -0.2) is 4.79 Å². The van der Waals surface area contributed by atoms with Crippen LogP contribution < -0.4 is 14.4 Å². The van der Waals surface area contributed by atoms with Gasteiger partial charge >= 0.3 is 19.2 Å². The summed E-state index contributed by atoms with van der Waals surface area (Å²) in [5.41, 5.74) is 1.67. The first-order valence-corrected chi connectivity index (χ1v) is 8.87. The van der Waals surface area contributed by atoms with E-state index in [0.29, 0.717) is 11.4 Å². The summed E-state index contributed by atoms with van der Waals surface area (Å²) >= 11 is 0. The highest BCUT2D eigenvalue weighted by Gasteiger charge is 2.19. The summed E-state index contributed by atoms with van der Waals surface area (Å²) in [6, 6.07) is 13.0. The number of benzene rings is 2. The minimum Gasteiger partial charge on any atom is -0.478 e. The van der Waals surface area contributed by atoms with Crippen LogP contribution in [0.4, 0.5) is 28.9 Å². The lowest BCUT2D eigenvalue weighted by molar-refractivity contribution is -0.0692. The summed E-state index contributed by atoms with van der Waals surface area (Å²) in [6.07, 6.45) is 3.18. The largest absolute Gasteiger partial charge is 0.478 e. The Labute approximate surface area is 174 Å². The highest BCUT2D eigenvalue weighted by Crippen LogP contribution is 2.37. The van der Waals surface area contributed by atoms with Crippen LogP contribution in [0.15, 0.2) is 67.0 Å². The molecule has 1 N–H and O–H groups in total. The first-order chi connectivity index (χ1) is 14.8. The molecule has 0 aliphatic heterocycles. The molecule has 162 valence electrons. The molecule has 0 aliphatic rings. The third kappa shape index (κ3) is 5.84. The Bertz CT molecular complexity index is 1020. The number of anilines is 2. The number of aromatic carboxylic acids is 1. The first kappa shape index (κ1) is 21.9. The van der Waals surface area contributed by atoms with Crippen molar-refractivity contribution in [2.24, 2.45) is 0 Å². The molecule has 0 amide bonds. The number of carboxylic acids is 1. The van der Waals surface area contributed by atoms with E-state index in [1.165, 1.54) is 30.3 Å². The maximum absolute atomic E-state index is 12.8. The number of ether oxygens (including phenoxy) is 2. The van der Waals surface area contributed by atoms with Gasteiger partial charge in [-0.1, -0.05) is 6.07 Å². The molecule has 0 atom stereocenters. The maximum atomic E-state index is 12.8. The van der Waals surface area contributed by atoms with Crippen molar-refractivity contribution in [3.8, 4) is 11.5 Å². The molecule has 0 saturated heterocycles. The summed E-state index contributed by atoms with van der Waals surface area (Å²) in [5, 5.41) is 9.10. The van der Waals surface area contributed by atoms with Gasteiger partial charge in [-0.2, -0.15) is 17.6 Å². The zero-order chi connectivity index (χ0) is 22.4. The smallest absolute Gasteiger partial charge is 0.387 e. The number of rotatable bonds is 9. The Morgan fingerprint density at radius 3 is 2.16 bits per heavy atom. The van der Waals surface area contributed by atoms with E-state index in [-0.39, 0.29) is 12.1 Å². The van der Waals surface area contributed by atoms with Gasteiger partial charge in [0.05, 0.1) is 5.56 Å². The minimum absolute atomic E-state index is 0.0625. The standard InChI is InChI=1S/C21H16F4N2O4/c22-20(23)30-17-8-7-16(10-18(17)31-21(24)25)27(12-13-2-1-9-26-11-13)15-5-3-14(4-6-15)19(28)29/h1-11,20-21H,12H2,(H,28,29). The van der Waals surface area contributed by atoms with Gasteiger partial charge in [-0.05, 0) is 48.0 Å². The van der Waals surface area contributed by atoms with E-state index in [0.717, 1.165) is 17.7 Å². The fraction of sp³-hybridized carbons (Fsp3) is 0.143. The molecule has 3 rings (SSSR count). The van der Waals surface area contributed by atoms with Crippen LogP contribution in [0, 0.1) is 0 Å². The SMILES string of the molecule is O=C(O)c1ccc(N(Cc2cccnc2)c2ccc(OC(F)F)c(OC(F)F)c2)cc1. The van der Waals surface area contributed by atoms with Gasteiger partial charge in [0.2, 0.25) is 0 Å². The van der Waals surface area contributed by atoms with Gasteiger partial charge in [0.1, 0.15) is 0 Å². The van der Waals surface area contributed by atoms with Crippen LogP contribution in [0.1, 0.15) is 15.9 Å². The summed E-state index contributed by atoms with van der Waals surface area (Å²) in [7, 11) is 0. The molecular formula is C21H16F4N2O4. The third-order valence-corrected chi connectivity index (χ3v) is 4.16. The average molecular weight is 436 g/mol. The second-order valence-corrected chi connectivity index (χ2v) is 6.19. The van der Waals surface area contributed by atoms with Gasteiger partial charge in [0.25, 0.3) is 0 Å². The number of aromatic nitrogens is 1. The normalized spacial score (nSPS) is 10.9. The second-order valence-electron chi connectivity index (χ2n) is 6.19. The van der Waals surface area contributed by atoms with E-state index < -0.39 is 30.7 Å². The summed E-state index contributed by atoms with van der Waals surface area (Å²) < 4.78 is 59.5. The first-order valence-electron chi connectivity index (χ1n) is 8.87. The summed E-state index contributed by atoms with van der Waals surface area (Å²) in [6.45, 7) is -6.25. The number of halogens is 4. The van der Waals surface area contributed by atoms with Crippen molar-refractivity contribution in [2.75, 3.05) is 4.90 Å². The van der Waals surface area contributed by atoms with Crippen molar-refractivity contribution >= 4 is 17.3 Å². The summed E-state index contributed by atoms with van der Waals surface area (Å²) in [4.78, 5) is 16.8. The Kier molecular flexibility index (Phi) is 6.91. The van der Waals surface area contributed by atoms with Gasteiger partial charge in [-0.15, -0.1) is 0 Å². The van der Waals surface area contributed by atoms with Crippen LogP contribution in [-0.2, 0) is 6.54 Å². The van der Waals surface area contributed by atoms with E-state index >= 15 is 0 Å². The molecule has 0 fully saturated rings. The molecule has 1 aromatic heterocycles. The lowest BCUT2D eigenvalue weighted by Crippen LogP contribution is -2.17. The van der Waals surface area contributed by atoms with Crippen LogP contribution in [0.3, 0.4) is 0 Å². The van der Waals surface area contributed by atoms with Crippen molar-refractivity contribution in [3.05, 3.63) is 78.1 Å². The maximum Gasteiger partial charge on any atom is 0.387 e. The summed E-state index contributed by atoms with van der Waals surface area (Å²) in [5.74, 6) is -2.21. The number of hydrogen-bond donors (Lipinski definition) is 1. The fourth-order valence-electron chi connectivity index (χ4n) is 2.84. The molecular weight excluding hydrogens is 420 g/mol. The number of alkyl halides is 4. The van der Waals surface area contributed by atoms with Crippen LogP contribution in [0.2, 0.25) is 0 Å².